The van der Waals surface area contributed by atoms with Crippen LogP contribution in [0.3, 0.4) is 0 Å². The third-order valence-electron chi connectivity index (χ3n) is 6.98. The van der Waals surface area contributed by atoms with Gasteiger partial charge in [0.05, 0.1) is 0 Å². The molecule has 2 aliphatic rings. The highest BCUT2D eigenvalue weighted by Gasteiger charge is 2.19. The molecule has 39 heavy (non-hydrogen) atoms. The molecule has 1 atom stereocenters. The summed E-state index contributed by atoms with van der Waals surface area (Å²) in [6.45, 7) is 24.1. The van der Waals surface area contributed by atoms with Crippen LogP contribution in [0.2, 0.25) is 0 Å². The van der Waals surface area contributed by atoms with Crippen molar-refractivity contribution >= 4 is 0 Å². The van der Waals surface area contributed by atoms with E-state index in [1.165, 1.54) is 28.4 Å². The fourth-order valence-electron chi connectivity index (χ4n) is 4.58. The van der Waals surface area contributed by atoms with E-state index in [0.717, 1.165) is 48.9 Å². The van der Waals surface area contributed by atoms with Gasteiger partial charge < -0.3 is 9.80 Å². The Morgan fingerprint density at radius 1 is 1.05 bits per heavy atom. The van der Waals surface area contributed by atoms with Gasteiger partial charge in [-0.1, -0.05) is 93.7 Å². The van der Waals surface area contributed by atoms with Gasteiger partial charge in [-0.15, -0.1) is 0 Å². The summed E-state index contributed by atoms with van der Waals surface area (Å²) < 4.78 is 0. The van der Waals surface area contributed by atoms with Crippen LogP contribution in [0.25, 0.3) is 0 Å². The van der Waals surface area contributed by atoms with Crippen molar-refractivity contribution in [2.75, 3.05) is 6.54 Å². The van der Waals surface area contributed by atoms with Gasteiger partial charge in [0.25, 0.3) is 0 Å². The monoisotopic (exact) mass is 522 g/mol. The van der Waals surface area contributed by atoms with Gasteiger partial charge in [-0.3, -0.25) is 0 Å². The lowest BCUT2D eigenvalue weighted by Gasteiger charge is -2.29. The van der Waals surface area contributed by atoms with Crippen LogP contribution in [0.1, 0.15) is 74.1 Å². The largest absolute Gasteiger partial charge is 0.338 e. The predicted molar refractivity (Wildman–Crippen MR) is 174 cm³/mol. The van der Waals surface area contributed by atoms with Gasteiger partial charge in [-0.2, -0.15) is 0 Å². The van der Waals surface area contributed by atoms with E-state index >= 15 is 0 Å². The molecular formula is C37H50N2. The molecule has 0 aromatic rings. The summed E-state index contributed by atoms with van der Waals surface area (Å²) in [5.74, 6) is 0.268. The summed E-state index contributed by atoms with van der Waals surface area (Å²) in [7, 11) is 0. The number of hydrogen-bond acceptors (Lipinski definition) is 2. The Balaban J connectivity index is 2.56. The van der Waals surface area contributed by atoms with Crippen molar-refractivity contribution in [1.82, 2.24) is 9.80 Å². The van der Waals surface area contributed by atoms with Gasteiger partial charge in [0.15, 0.2) is 0 Å². The maximum Gasteiger partial charge on any atom is 0.0415 e. The van der Waals surface area contributed by atoms with Crippen LogP contribution < -0.4 is 0 Å². The fraction of sp³-hybridized carbons (Fsp3) is 0.351. The Kier molecular flexibility index (Phi) is 13.4. The van der Waals surface area contributed by atoms with Crippen molar-refractivity contribution in [3.8, 4) is 0 Å². The molecule has 0 fully saturated rings. The second-order valence-corrected chi connectivity index (χ2v) is 10.4. The average molecular weight is 523 g/mol. The molecular weight excluding hydrogens is 472 g/mol. The average Bonchev–Trinajstić information content (AvgIpc) is 2.98. The molecule has 1 heterocycles. The number of hydrogen-bond donors (Lipinski definition) is 0. The summed E-state index contributed by atoms with van der Waals surface area (Å²) in [5.41, 5.74) is 9.57. The molecule has 0 amide bonds. The Morgan fingerprint density at radius 3 is 2.44 bits per heavy atom. The number of allylic oxidation sites excluding steroid dienone is 17. The van der Waals surface area contributed by atoms with Gasteiger partial charge in [0, 0.05) is 35.5 Å². The first kappa shape index (κ1) is 31.7. The van der Waals surface area contributed by atoms with E-state index < -0.39 is 0 Å². The molecule has 0 spiro atoms. The van der Waals surface area contributed by atoms with Crippen molar-refractivity contribution in [3.05, 3.63) is 143 Å². The first-order valence-electron chi connectivity index (χ1n) is 14.4. The van der Waals surface area contributed by atoms with Gasteiger partial charge in [-0.05, 0) is 101 Å². The van der Waals surface area contributed by atoms with E-state index in [1.807, 2.05) is 19.1 Å². The minimum atomic E-state index is 0.268. The molecule has 208 valence electrons. The molecule has 2 nitrogen and oxygen atoms in total. The summed E-state index contributed by atoms with van der Waals surface area (Å²) in [4.78, 5) is 4.80. The molecule has 0 saturated heterocycles. The van der Waals surface area contributed by atoms with Crippen LogP contribution in [0, 0.1) is 5.92 Å². The van der Waals surface area contributed by atoms with Crippen molar-refractivity contribution in [2.24, 2.45) is 5.92 Å². The van der Waals surface area contributed by atoms with Crippen molar-refractivity contribution in [2.45, 2.75) is 74.1 Å². The van der Waals surface area contributed by atoms with E-state index in [-0.39, 0.29) is 5.92 Å². The van der Waals surface area contributed by atoms with Crippen LogP contribution >= 0.6 is 0 Å². The zero-order chi connectivity index (χ0) is 28.8. The Labute approximate surface area is 239 Å². The molecule has 2 heteroatoms. The van der Waals surface area contributed by atoms with Gasteiger partial charge >= 0.3 is 0 Å². The first-order chi connectivity index (χ1) is 18.7. The molecule has 2 rings (SSSR count). The quantitative estimate of drug-likeness (QED) is 0.249. The van der Waals surface area contributed by atoms with Crippen LogP contribution in [0.15, 0.2) is 143 Å². The molecule has 0 N–H and O–H groups in total. The zero-order valence-electron chi connectivity index (χ0n) is 25.5. The van der Waals surface area contributed by atoms with Gasteiger partial charge in [0.2, 0.25) is 0 Å². The predicted octanol–water partition coefficient (Wildman–Crippen LogP) is 10.6. The van der Waals surface area contributed by atoms with Crippen LogP contribution in [-0.4, -0.2) is 16.3 Å². The van der Waals surface area contributed by atoms with Crippen molar-refractivity contribution < 1.29 is 0 Å². The zero-order valence-corrected chi connectivity index (χ0v) is 25.5. The number of nitrogens with zero attached hydrogens (tertiary/aromatic N) is 2. The van der Waals surface area contributed by atoms with E-state index in [2.05, 4.69) is 138 Å². The summed E-state index contributed by atoms with van der Waals surface area (Å²) in [6.07, 6.45) is 35.4. The maximum absolute atomic E-state index is 4.24. The molecule has 0 bridgehead atoms. The summed E-state index contributed by atoms with van der Waals surface area (Å²) in [6, 6.07) is 0. The highest BCUT2D eigenvalue weighted by molar-refractivity contribution is 5.42. The molecule has 1 aliphatic carbocycles. The van der Waals surface area contributed by atoms with Crippen molar-refractivity contribution in [3.63, 3.8) is 0 Å². The lowest BCUT2D eigenvalue weighted by Crippen LogP contribution is -2.23. The highest BCUT2D eigenvalue weighted by atomic mass is 15.2. The van der Waals surface area contributed by atoms with Gasteiger partial charge in [0.1, 0.15) is 0 Å². The minimum absolute atomic E-state index is 0.268. The fourth-order valence-corrected chi connectivity index (χ4v) is 4.58. The minimum Gasteiger partial charge on any atom is -0.338 e. The molecule has 1 aliphatic heterocycles. The Morgan fingerprint density at radius 2 is 1.82 bits per heavy atom. The maximum atomic E-state index is 4.24. The second-order valence-electron chi connectivity index (χ2n) is 10.4. The Bertz CT molecular complexity index is 1180. The van der Waals surface area contributed by atoms with E-state index in [0.29, 0.717) is 0 Å². The lowest BCUT2D eigenvalue weighted by molar-refractivity contribution is 0.486. The molecule has 0 aromatic carbocycles. The van der Waals surface area contributed by atoms with Crippen molar-refractivity contribution in [1.29, 1.82) is 0 Å². The second kappa shape index (κ2) is 16.4. The smallest absolute Gasteiger partial charge is 0.0415 e. The normalized spacial score (nSPS) is 21.3. The third kappa shape index (κ3) is 9.62. The van der Waals surface area contributed by atoms with E-state index in [9.17, 15) is 0 Å². The first-order valence-corrected chi connectivity index (χ1v) is 14.4. The van der Waals surface area contributed by atoms with E-state index in [4.69, 9.17) is 0 Å². The lowest BCUT2D eigenvalue weighted by atomic mass is 9.97. The SMILES string of the molecule is C=C(C)/C=C\C(=C)/C(C)=C/C=C(\CCC)N(/C=C/C)C1=CC(C)/C(C)=C(/C=C\C)N(C2=CCCC=C2)CC=C1. The Hall–Kier alpha value is -3.52. The highest BCUT2D eigenvalue weighted by Crippen LogP contribution is 2.30. The van der Waals surface area contributed by atoms with Crippen LogP contribution in [0.5, 0.6) is 0 Å². The number of rotatable bonds is 11. The topological polar surface area (TPSA) is 6.48 Å². The summed E-state index contributed by atoms with van der Waals surface area (Å²) >= 11 is 0. The standard InChI is InChI=1S/C37H50N2/c1-10-17-34(25-24-31(7)30(6)23-22-29(4)5)38(26-12-3)36-21-16-27-39(35-19-14-13-15-20-35)37(18-11-2)33(9)32(8)28-36/h11-12,14,16,18-26,28,32H,4,6,10,13,15,17,27H2,1-3,5,7-9H3/b18-11-,21-16?,23-22-,26-12+,31-24+,34-25+,36-28?,37-33-. The molecule has 0 aromatic heterocycles. The molecule has 0 radical (unpaired) electrons. The van der Waals surface area contributed by atoms with E-state index in [1.54, 1.807) is 0 Å². The van der Waals surface area contributed by atoms with Crippen LogP contribution in [0.4, 0.5) is 0 Å². The third-order valence-corrected chi connectivity index (χ3v) is 6.98. The molecule has 0 saturated carbocycles. The summed E-state index contributed by atoms with van der Waals surface area (Å²) in [5, 5.41) is 0. The van der Waals surface area contributed by atoms with Crippen LogP contribution in [-0.2, 0) is 0 Å². The molecule has 1 unspecified atom stereocenters. The van der Waals surface area contributed by atoms with Gasteiger partial charge in [-0.25, -0.2) is 0 Å².